The molecule has 0 aliphatic heterocycles. The summed E-state index contributed by atoms with van der Waals surface area (Å²) in [4.78, 5) is 35.7. The van der Waals surface area contributed by atoms with Crippen molar-refractivity contribution >= 4 is 28.9 Å². The number of rotatable bonds is 5. The summed E-state index contributed by atoms with van der Waals surface area (Å²) in [5.41, 5.74) is 6.15. The highest BCUT2D eigenvalue weighted by molar-refractivity contribution is 6.09. The highest BCUT2D eigenvalue weighted by atomic mass is 16.6. The number of non-ortho nitro benzene ring substituents is 1. The molecular formula is C24H22N4O5. The quantitative estimate of drug-likeness (QED) is 0.440. The molecule has 1 aromatic heterocycles. The van der Waals surface area contributed by atoms with E-state index in [4.69, 9.17) is 4.42 Å². The fourth-order valence-corrected chi connectivity index (χ4v) is 3.76. The zero-order valence-electron chi connectivity index (χ0n) is 18.2. The van der Waals surface area contributed by atoms with Crippen molar-refractivity contribution in [1.29, 1.82) is 0 Å². The minimum Gasteiger partial charge on any atom is -0.455 e. The smallest absolute Gasteiger partial charge is 0.291 e. The number of anilines is 1. The van der Waals surface area contributed by atoms with Gasteiger partial charge in [0.2, 0.25) is 0 Å². The van der Waals surface area contributed by atoms with Gasteiger partial charge in [-0.2, -0.15) is 5.10 Å². The van der Waals surface area contributed by atoms with E-state index >= 15 is 0 Å². The summed E-state index contributed by atoms with van der Waals surface area (Å²) in [5.74, 6) is -0.0566. The molecule has 0 saturated carbocycles. The molecule has 4 rings (SSSR count). The monoisotopic (exact) mass is 446 g/mol. The zero-order valence-corrected chi connectivity index (χ0v) is 18.2. The van der Waals surface area contributed by atoms with Gasteiger partial charge in [-0.1, -0.05) is 23.8 Å². The molecule has 1 heterocycles. The number of hydrogen-bond donors (Lipinski definition) is 2. The summed E-state index contributed by atoms with van der Waals surface area (Å²) in [5, 5.41) is 18.0. The molecule has 0 radical (unpaired) electrons. The number of benzene rings is 2. The Morgan fingerprint density at radius 2 is 1.82 bits per heavy atom. The van der Waals surface area contributed by atoms with Crippen molar-refractivity contribution in [1.82, 2.24) is 5.43 Å². The van der Waals surface area contributed by atoms with Crippen LogP contribution in [0.1, 0.15) is 56.2 Å². The third kappa shape index (κ3) is 4.67. The van der Waals surface area contributed by atoms with Gasteiger partial charge in [0, 0.05) is 40.9 Å². The number of nitrogens with zero attached hydrogens (tertiary/aromatic N) is 2. The molecule has 0 bridgehead atoms. The van der Waals surface area contributed by atoms with E-state index in [9.17, 15) is 19.7 Å². The number of amides is 2. The topological polar surface area (TPSA) is 127 Å². The highest BCUT2D eigenvalue weighted by Gasteiger charge is 2.28. The van der Waals surface area contributed by atoms with Crippen molar-refractivity contribution in [3.05, 3.63) is 92.4 Å². The van der Waals surface area contributed by atoms with Gasteiger partial charge in [0.25, 0.3) is 17.5 Å². The van der Waals surface area contributed by atoms with Gasteiger partial charge in [0.05, 0.1) is 10.6 Å². The molecule has 0 spiro atoms. The number of nitro benzene ring substituents is 1. The molecule has 0 unspecified atom stereocenters. The van der Waals surface area contributed by atoms with Gasteiger partial charge in [0.15, 0.2) is 5.76 Å². The molecule has 2 aromatic carbocycles. The van der Waals surface area contributed by atoms with E-state index in [2.05, 4.69) is 15.8 Å². The van der Waals surface area contributed by atoms with Crippen LogP contribution in [0, 0.1) is 24.0 Å². The van der Waals surface area contributed by atoms with Crippen molar-refractivity contribution in [3.8, 4) is 0 Å². The lowest BCUT2D eigenvalue weighted by Crippen LogP contribution is -2.22. The van der Waals surface area contributed by atoms with E-state index < -0.39 is 10.8 Å². The number of hydrogen-bond acceptors (Lipinski definition) is 6. The Kier molecular flexibility index (Phi) is 6.03. The lowest BCUT2D eigenvalue weighted by molar-refractivity contribution is -0.384. The van der Waals surface area contributed by atoms with E-state index in [1.54, 1.807) is 6.92 Å². The molecule has 9 heteroatoms. The maximum absolute atomic E-state index is 12.8. The van der Waals surface area contributed by atoms with Crippen molar-refractivity contribution in [2.75, 3.05) is 5.32 Å². The molecule has 3 aromatic rings. The SMILES string of the molecule is Cc1ccc(NC(=O)c2oc3c(c2C)/C(=N/NC(=O)c2cccc([N+](=O)[O-])c2)CCC3)cc1. The number of aryl methyl sites for hydroxylation is 2. The van der Waals surface area contributed by atoms with E-state index in [0.717, 1.165) is 17.5 Å². The number of fused-ring (bicyclic) bond motifs is 1. The molecular weight excluding hydrogens is 424 g/mol. The van der Waals surface area contributed by atoms with E-state index in [0.29, 0.717) is 35.6 Å². The van der Waals surface area contributed by atoms with Crippen LogP contribution in [0.15, 0.2) is 58.0 Å². The first kappa shape index (κ1) is 21.9. The van der Waals surface area contributed by atoms with Crippen LogP contribution < -0.4 is 10.7 Å². The van der Waals surface area contributed by atoms with Gasteiger partial charge in [-0.05, 0) is 44.9 Å². The zero-order chi connectivity index (χ0) is 23.5. The van der Waals surface area contributed by atoms with Crippen molar-refractivity contribution in [2.45, 2.75) is 33.1 Å². The second kappa shape index (κ2) is 9.07. The average Bonchev–Trinajstić information content (AvgIpc) is 3.16. The maximum Gasteiger partial charge on any atom is 0.291 e. The van der Waals surface area contributed by atoms with Crippen molar-refractivity contribution in [2.24, 2.45) is 5.10 Å². The predicted octanol–water partition coefficient (Wildman–Crippen LogP) is 4.53. The maximum atomic E-state index is 12.8. The molecule has 0 fully saturated rings. The Morgan fingerprint density at radius 3 is 2.55 bits per heavy atom. The number of carbonyl (C=O) groups is 2. The molecule has 0 saturated heterocycles. The first-order chi connectivity index (χ1) is 15.8. The predicted molar refractivity (Wildman–Crippen MR) is 123 cm³/mol. The van der Waals surface area contributed by atoms with Crippen LogP contribution in [0.2, 0.25) is 0 Å². The number of carbonyl (C=O) groups excluding carboxylic acids is 2. The van der Waals surface area contributed by atoms with Gasteiger partial charge >= 0.3 is 0 Å². The van der Waals surface area contributed by atoms with E-state index in [1.807, 2.05) is 31.2 Å². The Balaban J connectivity index is 1.55. The first-order valence-electron chi connectivity index (χ1n) is 10.5. The third-order valence-electron chi connectivity index (χ3n) is 5.45. The lowest BCUT2D eigenvalue weighted by atomic mass is 9.93. The molecule has 2 N–H and O–H groups in total. The molecule has 0 atom stereocenters. The standard InChI is InChI=1S/C24H22N4O5/c1-14-9-11-17(12-10-14)25-24(30)22-15(2)21-19(7-4-8-20(21)33-22)26-27-23(29)16-5-3-6-18(13-16)28(31)32/h3,5-6,9-13H,4,7-8H2,1-2H3,(H,25,30)(H,27,29)/b26-19+. The Labute approximate surface area is 189 Å². The number of nitro groups is 1. The van der Waals surface area contributed by atoms with Gasteiger partial charge in [-0.15, -0.1) is 0 Å². The largest absolute Gasteiger partial charge is 0.455 e. The summed E-state index contributed by atoms with van der Waals surface area (Å²) >= 11 is 0. The molecule has 33 heavy (non-hydrogen) atoms. The summed E-state index contributed by atoms with van der Waals surface area (Å²) in [6, 6.07) is 12.9. The molecule has 1 aliphatic carbocycles. The molecule has 168 valence electrons. The Bertz CT molecular complexity index is 1270. The minimum atomic E-state index is -0.561. The van der Waals surface area contributed by atoms with E-state index in [1.165, 1.54) is 24.3 Å². The van der Waals surface area contributed by atoms with E-state index in [-0.39, 0.29) is 22.9 Å². The van der Waals surface area contributed by atoms with Crippen LogP contribution in [-0.2, 0) is 6.42 Å². The number of furan rings is 1. The number of nitrogens with one attached hydrogen (secondary N) is 2. The van der Waals surface area contributed by atoms with Crippen LogP contribution >= 0.6 is 0 Å². The van der Waals surface area contributed by atoms with Crippen LogP contribution in [0.3, 0.4) is 0 Å². The van der Waals surface area contributed by atoms with Crippen LogP contribution in [0.5, 0.6) is 0 Å². The molecule has 2 amide bonds. The highest BCUT2D eigenvalue weighted by Crippen LogP contribution is 2.30. The lowest BCUT2D eigenvalue weighted by Gasteiger charge is -2.13. The Morgan fingerprint density at radius 1 is 1.06 bits per heavy atom. The van der Waals surface area contributed by atoms with Gasteiger partial charge in [0.1, 0.15) is 5.76 Å². The van der Waals surface area contributed by atoms with Gasteiger partial charge in [-0.25, -0.2) is 5.43 Å². The van der Waals surface area contributed by atoms with Crippen molar-refractivity contribution in [3.63, 3.8) is 0 Å². The normalized spacial score (nSPS) is 13.9. The second-order valence-corrected chi connectivity index (χ2v) is 7.83. The molecule has 1 aliphatic rings. The molecule has 9 nitrogen and oxygen atoms in total. The number of hydrazone groups is 1. The fourth-order valence-electron chi connectivity index (χ4n) is 3.76. The van der Waals surface area contributed by atoms with Crippen LogP contribution in [-0.4, -0.2) is 22.4 Å². The summed E-state index contributed by atoms with van der Waals surface area (Å²) in [6.45, 7) is 3.75. The summed E-state index contributed by atoms with van der Waals surface area (Å²) in [6.07, 6.45) is 2.01. The third-order valence-corrected chi connectivity index (χ3v) is 5.45. The summed E-state index contributed by atoms with van der Waals surface area (Å²) in [7, 11) is 0. The van der Waals surface area contributed by atoms with Gasteiger partial charge < -0.3 is 9.73 Å². The fraction of sp³-hybridized carbons (Fsp3) is 0.208. The second-order valence-electron chi connectivity index (χ2n) is 7.83. The average molecular weight is 446 g/mol. The van der Waals surface area contributed by atoms with Crippen molar-refractivity contribution < 1.29 is 18.9 Å². The summed E-state index contributed by atoms with van der Waals surface area (Å²) < 4.78 is 5.88. The van der Waals surface area contributed by atoms with Gasteiger partial charge in [-0.3, -0.25) is 19.7 Å². The van der Waals surface area contributed by atoms with Crippen LogP contribution in [0.4, 0.5) is 11.4 Å². The van der Waals surface area contributed by atoms with Crippen LogP contribution in [0.25, 0.3) is 0 Å². The minimum absolute atomic E-state index is 0.131. The first-order valence-corrected chi connectivity index (χ1v) is 10.5. The Hall–Kier alpha value is -4.27.